The van der Waals surface area contributed by atoms with Crippen LogP contribution >= 0.6 is 11.3 Å². The summed E-state index contributed by atoms with van der Waals surface area (Å²) in [6.45, 7) is 2.61. The van der Waals surface area contributed by atoms with E-state index in [0.29, 0.717) is 12.1 Å². The minimum atomic E-state index is -0.0675. The van der Waals surface area contributed by atoms with E-state index in [9.17, 15) is 4.79 Å². The Morgan fingerprint density at radius 2 is 2.32 bits per heavy atom. The number of nitrogens with zero attached hydrogens (tertiary/aromatic N) is 1. The van der Waals surface area contributed by atoms with Crippen LogP contribution in [-0.4, -0.2) is 15.9 Å². The molecule has 0 aliphatic carbocycles. The van der Waals surface area contributed by atoms with Gasteiger partial charge < -0.3 is 10.3 Å². The van der Waals surface area contributed by atoms with Gasteiger partial charge in [-0.15, -0.1) is 0 Å². The second-order valence-electron chi connectivity index (χ2n) is 4.40. The maximum absolute atomic E-state index is 12.1. The first-order valence-electron chi connectivity index (χ1n) is 5.97. The maximum atomic E-state index is 12.1. The van der Waals surface area contributed by atoms with Crippen molar-refractivity contribution in [2.45, 2.75) is 13.5 Å². The van der Waals surface area contributed by atoms with Crippen molar-refractivity contribution < 1.29 is 4.79 Å². The van der Waals surface area contributed by atoms with Crippen LogP contribution in [0.25, 0.3) is 11.0 Å². The number of carbonyl (C=O) groups is 1. The lowest BCUT2D eigenvalue weighted by molar-refractivity contribution is 0.0951. The second kappa shape index (κ2) is 4.85. The van der Waals surface area contributed by atoms with Gasteiger partial charge in [0.25, 0.3) is 5.91 Å². The number of benzene rings is 1. The van der Waals surface area contributed by atoms with Gasteiger partial charge in [-0.25, -0.2) is 4.98 Å². The Kier molecular flexibility index (Phi) is 3.05. The summed E-state index contributed by atoms with van der Waals surface area (Å²) in [6, 6.07) is 5.45. The molecule has 1 amide bonds. The predicted molar refractivity (Wildman–Crippen MR) is 76.3 cm³/mol. The molecule has 96 valence electrons. The molecule has 2 aromatic heterocycles. The van der Waals surface area contributed by atoms with Gasteiger partial charge in [0.1, 0.15) is 0 Å². The van der Waals surface area contributed by atoms with Crippen LogP contribution < -0.4 is 5.32 Å². The molecule has 0 saturated heterocycles. The highest BCUT2D eigenvalue weighted by atomic mass is 32.1. The maximum Gasteiger partial charge on any atom is 0.251 e. The smallest absolute Gasteiger partial charge is 0.251 e. The predicted octanol–water partition coefficient (Wildman–Crippen LogP) is 2.86. The van der Waals surface area contributed by atoms with E-state index in [0.717, 1.165) is 11.0 Å². The molecule has 4 nitrogen and oxygen atoms in total. The molecular weight excluding hydrogens is 258 g/mol. The van der Waals surface area contributed by atoms with Gasteiger partial charge >= 0.3 is 0 Å². The zero-order valence-corrected chi connectivity index (χ0v) is 11.3. The van der Waals surface area contributed by atoms with Gasteiger partial charge in [-0.05, 0) is 47.0 Å². The molecule has 0 aliphatic heterocycles. The molecule has 2 N–H and O–H groups in total. The van der Waals surface area contributed by atoms with Crippen molar-refractivity contribution >= 4 is 28.3 Å². The number of fused-ring (bicyclic) bond motifs is 1. The number of nitrogens with one attached hydrogen (secondary N) is 2. The van der Waals surface area contributed by atoms with E-state index in [2.05, 4.69) is 33.0 Å². The van der Waals surface area contributed by atoms with Gasteiger partial charge in [-0.1, -0.05) is 0 Å². The topological polar surface area (TPSA) is 57.8 Å². The highest BCUT2D eigenvalue weighted by Gasteiger charge is 2.08. The van der Waals surface area contributed by atoms with Crippen LogP contribution in [0.15, 0.2) is 35.3 Å². The number of rotatable bonds is 3. The molecule has 0 spiro atoms. The van der Waals surface area contributed by atoms with Crippen molar-refractivity contribution in [1.29, 1.82) is 0 Å². The van der Waals surface area contributed by atoms with Gasteiger partial charge in [-0.2, -0.15) is 11.3 Å². The molecule has 2 heterocycles. The van der Waals surface area contributed by atoms with Crippen LogP contribution in [0, 0.1) is 6.92 Å². The number of aromatic nitrogens is 2. The van der Waals surface area contributed by atoms with Gasteiger partial charge in [0.15, 0.2) is 0 Å². The second-order valence-corrected chi connectivity index (χ2v) is 5.14. The molecule has 19 heavy (non-hydrogen) atoms. The first-order chi connectivity index (χ1) is 9.24. The summed E-state index contributed by atoms with van der Waals surface area (Å²) in [7, 11) is 0. The van der Waals surface area contributed by atoms with E-state index >= 15 is 0 Å². The van der Waals surface area contributed by atoms with Crippen LogP contribution in [0.2, 0.25) is 0 Å². The average Bonchev–Trinajstić information content (AvgIpc) is 3.03. The molecule has 5 heteroatoms. The molecule has 0 radical (unpaired) electrons. The molecule has 1 aromatic carbocycles. The van der Waals surface area contributed by atoms with Crippen molar-refractivity contribution in [2.75, 3.05) is 0 Å². The van der Waals surface area contributed by atoms with Crippen molar-refractivity contribution in [3.05, 3.63) is 52.0 Å². The summed E-state index contributed by atoms with van der Waals surface area (Å²) in [5, 5.41) is 7.08. The fourth-order valence-electron chi connectivity index (χ4n) is 1.92. The monoisotopic (exact) mass is 271 g/mol. The summed E-state index contributed by atoms with van der Waals surface area (Å²) in [5.41, 5.74) is 4.77. The third-order valence-electron chi connectivity index (χ3n) is 3.08. The Balaban J connectivity index is 1.74. The van der Waals surface area contributed by atoms with Crippen LogP contribution in [0.4, 0.5) is 0 Å². The number of imidazole rings is 1. The summed E-state index contributed by atoms with van der Waals surface area (Å²) in [6.07, 6.45) is 1.63. The van der Waals surface area contributed by atoms with Gasteiger partial charge in [0.05, 0.1) is 17.4 Å². The van der Waals surface area contributed by atoms with Crippen LogP contribution in [0.1, 0.15) is 21.5 Å². The van der Waals surface area contributed by atoms with E-state index in [-0.39, 0.29) is 5.91 Å². The quantitative estimate of drug-likeness (QED) is 0.769. The lowest BCUT2D eigenvalue weighted by Crippen LogP contribution is -2.22. The van der Waals surface area contributed by atoms with Crippen molar-refractivity contribution in [1.82, 2.24) is 15.3 Å². The lowest BCUT2D eigenvalue weighted by atomic mass is 10.1. The van der Waals surface area contributed by atoms with Crippen molar-refractivity contribution in [3.63, 3.8) is 0 Å². The molecule has 0 fully saturated rings. The molecule has 3 rings (SSSR count). The molecular formula is C14H13N3OS. The van der Waals surface area contributed by atoms with Gasteiger partial charge in [0.2, 0.25) is 0 Å². The van der Waals surface area contributed by atoms with E-state index in [4.69, 9.17) is 0 Å². The lowest BCUT2D eigenvalue weighted by Gasteiger charge is -2.05. The normalized spacial score (nSPS) is 10.8. The highest BCUT2D eigenvalue weighted by molar-refractivity contribution is 7.08. The Morgan fingerprint density at radius 1 is 1.42 bits per heavy atom. The third-order valence-corrected chi connectivity index (χ3v) is 3.99. The summed E-state index contributed by atoms with van der Waals surface area (Å²) >= 11 is 1.65. The summed E-state index contributed by atoms with van der Waals surface area (Å²) in [4.78, 5) is 19.2. The first-order valence-corrected chi connectivity index (χ1v) is 6.91. The fraction of sp³-hybridized carbons (Fsp3) is 0.143. The largest absolute Gasteiger partial charge is 0.348 e. The highest BCUT2D eigenvalue weighted by Crippen LogP contribution is 2.14. The van der Waals surface area contributed by atoms with Gasteiger partial charge in [-0.3, -0.25) is 4.79 Å². The number of amides is 1. The summed E-state index contributed by atoms with van der Waals surface area (Å²) < 4.78 is 0. The van der Waals surface area contributed by atoms with E-state index in [1.807, 2.05) is 12.1 Å². The third kappa shape index (κ3) is 2.37. The molecule has 3 aromatic rings. The Morgan fingerprint density at radius 3 is 3.11 bits per heavy atom. The SMILES string of the molecule is Cc1cscc1CNC(=O)c1ccc2nc[nH]c2c1. The van der Waals surface area contributed by atoms with Crippen molar-refractivity contribution in [3.8, 4) is 0 Å². The fourth-order valence-corrected chi connectivity index (χ4v) is 2.78. The number of hydrogen-bond donors (Lipinski definition) is 2. The Labute approximate surface area is 114 Å². The van der Waals surface area contributed by atoms with Crippen LogP contribution in [0.5, 0.6) is 0 Å². The minimum absolute atomic E-state index is 0.0675. The average molecular weight is 271 g/mol. The number of thiophene rings is 1. The number of carbonyl (C=O) groups excluding carboxylic acids is 1. The van der Waals surface area contributed by atoms with E-state index in [1.54, 1.807) is 23.7 Å². The van der Waals surface area contributed by atoms with Gasteiger partial charge in [0, 0.05) is 12.1 Å². The number of aromatic amines is 1. The zero-order chi connectivity index (χ0) is 13.2. The Bertz CT molecular complexity index is 729. The molecule has 0 bridgehead atoms. The molecule has 0 unspecified atom stereocenters. The summed E-state index contributed by atoms with van der Waals surface area (Å²) in [5.74, 6) is -0.0675. The van der Waals surface area contributed by atoms with Crippen LogP contribution in [0.3, 0.4) is 0 Å². The molecule has 0 atom stereocenters. The molecule has 0 saturated carbocycles. The number of hydrogen-bond acceptors (Lipinski definition) is 3. The van der Waals surface area contributed by atoms with E-state index < -0.39 is 0 Å². The zero-order valence-electron chi connectivity index (χ0n) is 10.4. The molecule has 0 aliphatic rings. The van der Waals surface area contributed by atoms with Crippen LogP contribution in [-0.2, 0) is 6.54 Å². The number of aryl methyl sites for hydroxylation is 1. The minimum Gasteiger partial charge on any atom is -0.348 e. The van der Waals surface area contributed by atoms with E-state index in [1.165, 1.54) is 11.1 Å². The number of H-pyrrole nitrogens is 1. The first kappa shape index (κ1) is 11.9. The Hall–Kier alpha value is -2.14. The standard InChI is InChI=1S/C14H13N3OS/c1-9-6-19-7-11(9)5-15-14(18)10-2-3-12-13(4-10)17-8-16-12/h2-4,6-8H,5H2,1H3,(H,15,18)(H,16,17). The van der Waals surface area contributed by atoms with Crippen molar-refractivity contribution in [2.24, 2.45) is 0 Å².